The van der Waals surface area contributed by atoms with E-state index in [-0.39, 0.29) is 48.9 Å². The molecule has 2 fully saturated rings. The average Bonchev–Trinajstić information content (AvgIpc) is 2.76. The molecule has 2 aliphatic heterocycles. The van der Waals surface area contributed by atoms with Crippen LogP contribution in [0.5, 0.6) is 11.5 Å². The van der Waals surface area contributed by atoms with Gasteiger partial charge in [-0.25, -0.2) is 4.39 Å². The van der Waals surface area contributed by atoms with Gasteiger partial charge >= 0.3 is 0 Å². The minimum absolute atomic E-state index is 0. The van der Waals surface area contributed by atoms with E-state index < -0.39 is 11.7 Å². The third-order valence-electron chi connectivity index (χ3n) is 5.54. The number of halogens is 3. The summed E-state index contributed by atoms with van der Waals surface area (Å²) in [5, 5.41) is 2.82. The van der Waals surface area contributed by atoms with Gasteiger partial charge in [-0.05, 0) is 48.9 Å². The van der Waals surface area contributed by atoms with Crippen LogP contribution < -0.4 is 15.8 Å². The van der Waals surface area contributed by atoms with Gasteiger partial charge in [-0.2, -0.15) is 0 Å². The summed E-state index contributed by atoms with van der Waals surface area (Å²) >= 11 is 0. The molecule has 7 nitrogen and oxygen atoms in total. The summed E-state index contributed by atoms with van der Waals surface area (Å²) in [6.45, 7) is 3.25. The van der Waals surface area contributed by atoms with Crippen molar-refractivity contribution in [3.63, 3.8) is 0 Å². The molecule has 2 aliphatic rings. The molecule has 0 aromatic heterocycles. The van der Waals surface area contributed by atoms with Gasteiger partial charge in [0.15, 0.2) is 0 Å². The fourth-order valence-electron chi connectivity index (χ4n) is 3.89. The molecule has 2 saturated heterocycles. The van der Waals surface area contributed by atoms with E-state index in [9.17, 15) is 14.0 Å². The summed E-state index contributed by atoms with van der Waals surface area (Å²) in [5.41, 5.74) is 6.60. The zero-order chi connectivity index (χ0) is 21.1. The summed E-state index contributed by atoms with van der Waals surface area (Å²) in [4.78, 5) is 28.7. The first kappa shape index (κ1) is 25.9. The predicted octanol–water partition coefficient (Wildman–Crippen LogP) is 2.22. The molecule has 32 heavy (non-hydrogen) atoms. The van der Waals surface area contributed by atoms with E-state index in [1.54, 1.807) is 0 Å². The maximum Gasteiger partial charge on any atom is 0.257 e. The zero-order valence-corrected chi connectivity index (χ0v) is 19.1. The Balaban J connectivity index is 0.00000181. The number of carbonyl (C=O) groups excluding carboxylic acids is 2. The lowest BCUT2D eigenvalue weighted by Crippen LogP contribution is -2.64. The molecule has 2 heterocycles. The number of amides is 2. The lowest BCUT2D eigenvalue weighted by atomic mass is 10.1. The first-order chi connectivity index (χ1) is 14.5. The molecular formula is C22H27Cl2FN4O3. The van der Waals surface area contributed by atoms with Crippen molar-refractivity contribution < 1.29 is 18.7 Å². The number of ether oxygens (including phenoxy) is 1. The number of hydrogen-bond acceptors (Lipinski definition) is 5. The fraction of sp³-hybridized carbons (Fsp3) is 0.364. The van der Waals surface area contributed by atoms with Crippen LogP contribution in [0.25, 0.3) is 0 Å². The molecule has 0 aliphatic carbocycles. The van der Waals surface area contributed by atoms with Crippen molar-refractivity contribution in [3.05, 3.63) is 59.4 Å². The molecule has 1 unspecified atom stereocenters. The fourth-order valence-corrected chi connectivity index (χ4v) is 3.89. The molecule has 0 saturated carbocycles. The Morgan fingerprint density at radius 1 is 1.09 bits per heavy atom. The van der Waals surface area contributed by atoms with Crippen LogP contribution in [0.2, 0.25) is 0 Å². The molecule has 4 rings (SSSR count). The Labute approximate surface area is 198 Å². The molecular weight excluding hydrogens is 458 g/mol. The van der Waals surface area contributed by atoms with E-state index in [2.05, 4.69) is 10.2 Å². The number of carbonyl (C=O) groups is 2. The Kier molecular flexibility index (Phi) is 9.27. The smallest absolute Gasteiger partial charge is 0.257 e. The van der Waals surface area contributed by atoms with Crippen LogP contribution in [0.1, 0.15) is 15.9 Å². The summed E-state index contributed by atoms with van der Waals surface area (Å²) in [5.74, 6) is -0.168. The van der Waals surface area contributed by atoms with Crippen LogP contribution in [-0.2, 0) is 11.2 Å². The number of nitrogens with zero attached hydrogens (tertiary/aromatic N) is 2. The van der Waals surface area contributed by atoms with Crippen molar-refractivity contribution in [2.24, 2.45) is 5.73 Å². The van der Waals surface area contributed by atoms with Gasteiger partial charge < -0.3 is 20.7 Å². The molecule has 0 radical (unpaired) electrons. The topological polar surface area (TPSA) is 87.9 Å². The van der Waals surface area contributed by atoms with E-state index in [0.717, 1.165) is 18.5 Å². The molecule has 1 atom stereocenters. The summed E-state index contributed by atoms with van der Waals surface area (Å²) in [6.07, 6.45) is 0.780. The van der Waals surface area contributed by atoms with Gasteiger partial charge in [0.2, 0.25) is 5.91 Å². The van der Waals surface area contributed by atoms with Gasteiger partial charge in [0.25, 0.3) is 5.91 Å². The maximum absolute atomic E-state index is 14.5. The molecule has 2 amide bonds. The molecule has 174 valence electrons. The maximum atomic E-state index is 14.5. The van der Waals surface area contributed by atoms with Crippen molar-refractivity contribution in [1.29, 1.82) is 0 Å². The number of benzene rings is 2. The lowest BCUT2D eigenvalue weighted by molar-refractivity contribution is -0.131. The number of nitrogens with two attached hydrogens (primary N) is 1. The Morgan fingerprint density at radius 2 is 1.81 bits per heavy atom. The number of nitrogens with one attached hydrogen (secondary N) is 1. The molecule has 10 heteroatoms. The standard InChI is InChI=1S/C22H25FN4O3.2ClH/c23-19-6-5-17(30-16-3-1-15(2-4-16)7-8-24)13-18(19)22(29)27-12-11-26-10-9-25-21(28)20(26)14-27;;/h1-6,13,20H,7-12,14,24H2,(H,25,28);2*1H. The highest BCUT2D eigenvalue weighted by molar-refractivity contribution is 5.95. The quantitative estimate of drug-likeness (QED) is 0.679. The van der Waals surface area contributed by atoms with Crippen LogP contribution >= 0.6 is 24.8 Å². The number of hydrogen-bond donors (Lipinski definition) is 2. The van der Waals surface area contributed by atoms with Crippen molar-refractivity contribution >= 4 is 36.6 Å². The van der Waals surface area contributed by atoms with Crippen LogP contribution in [-0.4, -0.2) is 66.9 Å². The Hall–Kier alpha value is -2.39. The van der Waals surface area contributed by atoms with Gasteiger partial charge in [-0.1, -0.05) is 12.1 Å². The van der Waals surface area contributed by atoms with Crippen molar-refractivity contribution in [2.75, 3.05) is 39.3 Å². The van der Waals surface area contributed by atoms with Gasteiger partial charge in [-0.3, -0.25) is 14.5 Å². The molecule has 0 spiro atoms. The monoisotopic (exact) mass is 484 g/mol. The zero-order valence-electron chi connectivity index (χ0n) is 17.5. The second kappa shape index (κ2) is 11.5. The number of fused-ring (bicyclic) bond motifs is 1. The van der Waals surface area contributed by atoms with E-state index >= 15 is 0 Å². The second-order valence-electron chi connectivity index (χ2n) is 7.52. The molecule has 0 bridgehead atoms. The minimum Gasteiger partial charge on any atom is -0.457 e. The number of piperazine rings is 2. The van der Waals surface area contributed by atoms with Crippen LogP contribution in [0.4, 0.5) is 4.39 Å². The van der Waals surface area contributed by atoms with Gasteiger partial charge in [0.05, 0.1) is 5.56 Å². The highest BCUT2D eigenvalue weighted by atomic mass is 35.5. The van der Waals surface area contributed by atoms with E-state index in [0.29, 0.717) is 37.7 Å². The Bertz CT molecular complexity index is 945. The normalized spacial score (nSPS) is 18.0. The van der Waals surface area contributed by atoms with Gasteiger partial charge in [0, 0.05) is 32.7 Å². The Morgan fingerprint density at radius 3 is 2.53 bits per heavy atom. The SMILES string of the molecule is Cl.Cl.NCCc1ccc(Oc2ccc(F)c(C(=O)N3CCN4CCNC(=O)C4C3)c2)cc1. The molecule has 2 aromatic rings. The second-order valence-corrected chi connectivity index (χ2v) is 7.52. The summed E-state index contributed by atoms with van der Waals surface area (Å²) < 4.78 is 20.3. The average molecular weight is 485 g/mol. The van der Waals surface area contributed by atoms with Crippen molar-refractivity contribution in [2.45, 2.75) is 12.5 Å². The lowest BCUT2D eigenvalue weighted by Gasteiger charge is -2.43. The van der Waals surface area contributed by atoms with Crippen molar-refractivity contribution in [3.8, 4) is 11.5 Å². The minimum atomic E-state index is -0.610. The summed E-state index contributed by atoms with van der Waals surface area (Å²) in [7, 11) is 0. The third kappa shape index (κ3) is 5.69. The van der Waals surface area contributed by atoms with E-state index in [4.69, 9.17) is 10.5 Å². The third-order valence-corrected chi connectivity index (χ3v) is 5.54. The largest absolute Gasteiger partial charge is 0.457 e. The van der Waals surface area contributed by atoms with E-state index in [1.807, 2.05) is 24.3 Å². The summed E-state index contributed by atoms with van der Waals surface area (Å²) in [6, 6.07) is 11.2. The first-order valence-electron chi connectivity index (χ1n) is 10.1. The highest BCUT2D eigenvalue weighted by Gasteiger charge is 2.37. The first-order valence-corrected chi connectivity index (χ1v) is 10.1. The van der Waals surface area contributed by atoms with E-state index in [1.165, 1.54) is 23.1 Å². The van der Waals surface area contributed by atoms with Crippen LogP contribution in [0, 0.1) is 5.82 Å². The molecule has 3 N–H and O–H groups in total. The molecule has 2 aromatic carbocycles. The predicted molar refractivity (Wildman–Crippen MR) is 124 cm³/mol. The van der Waals surface area contributed by atoms with Crippen molar-refractivity contribution in [1.82, 2.24) is 15.1 Å². The number of rotatable bonds is 5. The van der Waals surface area contributed by atoms with Crippen LogP contribution in [0.15, 0.2) is 42.5 Å². The highest BCUT2D eigenvalue weighted by Crippen LogP contribution is 2.26. The van der Waals surface area contributed by atoms with Gasteiger partial charge in [-0.15, -0.1) is 24.8 Å². The van der Waals surface area contributed by atoms with Crippen LogP contribution in [0.3, 0.4) is 0 Å². The van der Waals surface area contributed by atoms with Gasteiger partial charge in [0.1, 0.15) is 23.4 Å².